The molecule has 0 heterocycles. The van der Waals surface area contributed by atoms with Crippen molar-refractivity contribution in [1.29, 1.82) is 0 Å². The second-order valence-corrected chi connectivity index (χ2v) is 4.48. The third-order valence-corrected chi connectivity index (χ3v) is 2.95. The van der Waals surface area contributed by atoms with Gasteiger partial charge in [-0.15, -0.1) is 0 Å². The van der Waals surface area contributed by atoms with Crippen LogP contribution in [-0.2, 0) is 0 Å². The number of rotatable bonds is 4. The van der Waals surface area contributed by atoms with E-state index in [9.17, 15) is 13.6 Å². The highest BCUT2D eigenvalue weighted by Gasteiger charge is 2.12. The van der Waals surface area contributed by atoms with Crippen LogP contribution < -0.4 is 11.1 Å². The van der Waals surface area contributed by atoms with Crippen molar-refractivity contribution in [2.75, 3.05) is 5.32 Å². The molecule has 0 fully saturated rings. The summed E-state index contributed by atoms with van der Waals surface area (Å²) in [5.41, 5.74) is 6.37. The summed E-state index contributed by atoms with van der Waals surface area (Å²) in [6.45, 7) is 1.70. The molecule has 0 aromatic heterocycles. The fourth-order valence-electron chi connectivity index (χ4n) is 1.94. The van der Waals surface area contributed by atoms with Crippen molar-refractivity contribution in [3.8, 4) is 0 Å². The topological polar surface area (TPSA) is 55.1 Å². The minimum atomic E-state index is -0.543. The number of hydrogen-bond acceptors (Lipinski definition) is 2. The molecule has 0 aliphatic heterocycles. The molecular weight excluding hydrogens is 262 g/mol. The Balaban J connectivity index is 2.23. The van der Waals surface area contributed by atoms with Gasteiger partial charge in [0.1, 0.15) is 11.6 Å². The van der Waals surface area contributed by atoms with Gasteiger partial charge in [0.25, 0.3) is 0 Å². The summed E-state index contributed by atoms with van der Waals surface area (Å²) in [6.07, 6.45) is 0. The highest BCUT2D eigenvalue weighted by Crippen LogP contribution is 2.23. The van der Waals surface area contributed by atoms with E-state index in [1.54, 1.807) is 31.2 Å². The fourth-order valence-corrected chi connectivity index (χ4v) is 1.94. The SMILES string of the molecule is C[C@@H](Nc1cccc(C(N)=O)c1)c1cc(F)ccc1F. The Morgan fingerprint density at radius 1 is 1.20 bits per heavy atom. The average molecular weight is 276 g/mol. The Morgan fingerprint density at radius 2 is 1.95 bits per heavy atom. The van der Waals surface area contributed by atoms with Crippen molar-refractivity contribution >= 4 is 11.6 Å². The summed E-state index contributed by atoms with van der Waals surface area (Å²) >= 11 is 0. The van der Waals surface area contributed by atoms with Crippen LogP contribution in [0.2, 0.25) is 0 Å². The molecule has 3 N–H and O–H groups in total. The maximum absolute atomic E-state index is 13.6. The van der Waals surface area contributed by atoms with Crippen LogP contribution in [0.15, 0.2) is 42.5 Å². The number of hydrogen-bond donors (Lipinski definition) is 2. The van der Waals surface area contributed by atoms with Crippen LogP contribution in [0.5, 0.6) is 0 Å². The first kappa shape index (κ1) is 14.0. The number of amides is 1. The number of nitrogens with one attached hydrogen (secondary N) is 1. The predicted molar refractivity (Wildman–Crippen MR) is 73.4 cm³/mol. The Morgan fingerprint density at radius 3 is 2.65 bits per heavy atom. The normalized spacial score (nSPS) is 11.9. The summed E-state index contributed by atoms with van der Waals surface area (Å²) in [6, 6.07) is 9.38. The molecule has 20 heavy (non-hydrogen) atoms. The molecule has 0 aliphatic carbocycles. The van der Waals surface area contributed by atoms with E-state index in [0.717, 1.165) is 18.2 Å². The summed E-state index contributed by atoms with van der Waals surface area (Å²) in [7, 11) is 0. The molecule has 2 aromatic rings. The van der Waals surface area contributed by atoms with Gasteiger partial charge in [-0.05, 0) is 43.3 Å². The number of anilines is 1. The molecule has 5 heteroatoms. The van der Waals surface area contributed by atoms with Crippen molar-refractivity contribution < 1.29 is 13.6 Å². The zero-order valence-corrected chi connectivity index (χ0v) is 10.9. The maximum Gasteiger partial charge on any atom is 0.248 e. The van der Waals surface area contributed by atoms with Crippen molar-refractivity contribution in [3.05, 3.63) is 65.2 Å². The number of nitrogens with two attached hydrogens (primary N) is 1. The van der Waals surface area contributed by atoms with Crippen LogP contribution in [0.4, 0.5) is 14.5 Å². The van der Waals surface area contributed by atoms with Gasteiger partial charge in [-0.2, -0.15) is 0 Å². The molecule has 0 unspecified atom stereocenters. The summed E-state index contributed by atoms with van der Waals surface area (Å²) < 4.78 is 26.8. The Labute approximate surface area is 115 Å². The smallest absolute Gasteiger partial charge is 0.248 e. The van der Waals surface area contributed by atoms with Gasteiger partial charge in [0.05, 0.1) is 6.04 Å². The van der Waals surface area contributed by atoms with Gasteiger partial charge in [0.15, 0.2) is 0 Å². The minimum Gasteiger partial charge on any atom is -0.378 e. The molecule has 2 rings (SSSR count). The van der Waals surface area contributed by atoms with Crippen molar-refractivity contribution in [1.82, 2.24) is 0 Å². The van der Waals surface area contributed by atoms with Gasteiger partial charge >= 0.3 is 0 Å². The number of carbonyl (C=O) groups excluding carboxylic acids is 1. The number of benzene rings is 2. The Kier molecular flexibility index (Phi) is 3.98. The Hall–Kier alpha value is -2.43. The molecule has 0 radical (unpaired) electrons. The zero-order chi connectivity index (χ0) is 14.7. The van der Waals surface area contributed by atoms with E-state index in [1.807, 2.05) is 0 Å². The fraction of sp³-hybridized carbons (Fsp3) is 0.133. The Bertz CT molecular complexity index is 644. The lowest BCUT2D eigenvalue weighted by atomic mass is 10.1. The molecule has 3 nitrogen and oxygen atoms in total. The lowest BCUT2D eigenvalue weighted by Gasteiger charge is -2.17. The second-order valence-electron chi connectivity index (χ2n) is 4.48. The van der Waals surface area contributed by atoms with E-state index in [1.165, 1.54) is 0 Å². The van der Waals surface area contributed by atoms with E-state index in [2.05, 4.69) is 5.32 Å². The van der Waals surface area contributed by atoms with Gasteiger partial charge in [-0.25, -0.2) is 8.78 Å². The molecule has 104 valence electrons. The molecule has 0 spiro atoms. The van der Waals surface area contributed by atoms with E-state index >= 15 is 0 Å². The standard InChI is InChI=1S/C15H14F2N2O/c1-9(13-8-11(16)5-6-14(13)17)19-12-4-2-3-10(7-12)15(18)20/h2-9,19H,1H3,(H2,18,20)/t9-/m1/s1. The summed E-state index contributed by atoms with van der Waals surface area (Å²) in [5.74, 6) is -1.53. The molecule has 1 amide bonds. The molecule has 2 aromatic carbocycles. The molecule has 0 saturated carbocycles. The van der Waals surface area contributed by atoms with E-state index in [4.69, 9.17) is 5.73 Å². The van der Waals surface area contributed by atoms with Crippen LogP contribution in [0.3, 0.4) is 0 Å². The van der Waals surface area contributed by atoms with E-state index < -0.39 is 23.6 Å². The lowest BCUT2D eigenvalue weighted by Crippen LogP contribution is -2.13. The average Bonchev–Trinajstić information content (AvgIpc) is 2.41. The van der Waals surface area contributed by atoms with Gasteiger partial charge in [0, 0.05) is 16.8 Å². The van der Waals surface area contributed by atoms with Crippen LogP contribution >= 0.6 is 0 Å². The van der Waals surface area contributed by atoms with Gasteiger partial charge in [-0.3, -0.25) is 4.79 Å². The monoisotopic (exact) mass is 276 g/mol. The van der Waals surface area contributed by atoms with Crippen LogP contribution in [0.25, 0.3) is 0 Å². The quantitative estimate of drug-likeness (QED) is 0.900. The third kappa shape index (κ3) is 3.12. The van der Waals surface area contributed by atoms with E-state index in [-0.39, 0.29) is 5.56 Å². The summed E-state index contributed by atoms with van der Waals surface area (Å²) in [5, 5.41) is 3.01. The van der Waals surface area contributed by atoms with Crippen LogP contribution in [0.1, 0.15) is 28.9 Å². The number of primary amides is 1. The first-order valence-electron chi connectivity index (χ1n) is 6.08. The molecule has 0 bridgehead atoms. The van der Waals surface area contributed by atoms with Crippen LogP contribution in [0, 0.1) is 11.6 Å². The first-order chi connectivity index (χ1) is 9.47. The molecule has 1 atom stereocenters. The molecule has 0 aliphatic rings. The second kappa shape index (κ2) is 5.69. The van der Waals surface area contributed by atoms with Crippen molar-refractivity contribution in [2.24, 2.45) is 5.73 Å². The number of carbonyl (C=O) groups is 1. The minimum absolute atomic E-state index is 0.217. The van der Waals surface area contributed by atoms with Gasteiger partial charge < -0.3 is 11.1 Å². The highest BCUT2D eigenvalue weighted by atomic mass is 19.1. The zero-order valence-electron chi connectivity index (χ0n) is 10.9. The van der Waals surface area contributed by atoms with Crippen molar-refractivity contribution in [3.63, 3.8) is 0 Å². The van der Waals surface area contributed by atoms with Crippen LogP contribution in [-0.4, -0.2) is 5.91 Å². The largest absolute Gasteiger partial charge is 0.378 e. The summed E-state index contributed by atoms with van der Waals surface area (Å²) in [4.78, 5) is 11.1. The third-order valence-electron chi connectivity index (χ3n) is 2.95. The van der Waals surface area contributed by atoms with Gasteiger partial charge in [0.2, 0.25) is 5.91 Å². The number of halogens is 2. The predicted octanol–water partition coefficient (Wildman–Crippen LogP) is 3.24. The maximum atomic E-state index is 13.6. The first-order valence-corrected chi connectivity index (χ1v) is 6.08. The van der Waals surface area contributed by atoms with Crippen molar-refractivity contribution in [2.45, 2.75) is 13.0 Å². The van der Waals surface area contributed by atoms with Gasteiger partial charge in [-0.1, -0.05) is 6.07 Å². The van der Waals surface area contributed by atoms with E-state index in [0.29, 0.717) is 11.3 Å². The lowest BCUT2D eigenvalue weighted by molar-refractivity contribution is 0.100. The molecule has 0 saturated heterocycles. The highest BCUT2D eigenvalue weighted by molar-refractivity contribution is 5.93. The molecular formula is C15H14F2N2O.